The molecule has 0 heterocycles. The first-order valence-electron chi connectivity index (χ1n) is 7.08. The van der Waals surface area contributed by atoms with Gasteiger partial charge in [-0.25, -0.2) is 4.79 Å². The molecule has 1 rings (SSSR count). The molecule has 0 amide bonds. The van der Waals surface area contributed by atoms with Crippen LogP contribution in [-0.2, 0) is 4.74 Å². The molecular weight excluding hydrogens is 252 g/mol. The Morgan fingerprint density at radius 3 is 2.50 bits per heavy atom. The van der Waals surface area contributed by atoms with Crippen LogP contribution in [0.5, 0.6) is 5.75 Å². The Balaban J connectivity index is 2.24. The molecular formula is C17H24O3. The molecule has 1 unspecified atom stereocenters. The smallest absolute Gasteiger partial charge is 0.338 e. The SMILES string of the molecule is CC(C)=CCCC(C)CCOC(=O)c1ccc(O)cc1. The number of rotatable bonds is 7. The summed E-state index contributed by atoms with van der Waals surface area (Å²) in [5.41, 5.74) is 1.82. The van der Waals surface area contributed by atoms with Crippen molar-refractivity contribution in [3.8, 4) is 5.75 Å². The van der Waals surface area contributed by atoms with Crippen LogP contribution in [0.15, 0.2) is 35.9 Å². The minimum Gasteiger partial charge on any atom is -0.508 e. The number of allylic oxidation sites excluding steroid dienone is 2. The number of ether oxygens (including phenoxy) is 1. The van der Waals surface area contributed by atoms with Crippen molar-refractivity contribution in [3.63, 3.8) is 0 Å². The lowest BCUT2D eigenvalue weighted by molar-refractivity contribution is 0.0484. The fraction of sp³-hybridized carbons (Fsp3) is 0.471. The lowest BCUT2D eigenvalue weighted by Gasteiger charge is -2.10. The van der Waals surface area contributed by atoms with Gasteiger partial charge in [0.05, 0.1) is 12.2 Å². The summed E-state index contributed by atoms with van der Waals surface area (Å²) < 4.78 is 5.23. The predicted octanol–water partition coefficient (Wildman–Crippen LogP) is 4.32. The van der Waals surface area contributed by atoms with Crippen LogP contribution in [0.2, 0.25) is 0 Å². The van der Waals surface area contributed by atoms with Gasteiger partial charge in [0.2, 0.25) is 0 Å². The standard InChI is InChI=1S/C17H24O3/c1-13(2)5-4-6-14(3)11-12-20-17(19)15-7-9-16(18)10-8-15/h5,7-10,14,18H,4,6,11-12H2,1-3H3. The summed E-state index contributed by atoms with van der Waals surface area (Å²) in [6, 6.07) is 6.10. The maximum absolute atomic E-state index is 11.7. The zero-order chi connectivity index (χ0) is 15.0. The van der Waals surface area contributed by atoms with Gasteiger partial charge in [0.15, 0.2) is 0 Å². The van der Waals surface area contributed by atoms with Crippen molar-refractivity contribution in [1.82, 2.24) is 0 Å². The fourth-order valence-electron chi connectivity index (χ4n) is 1.83. The molecule has 0 aliphatic carbocycles. The van der Waals surface area contributed by atoms with Gasteiger partial charge in [-0.15, -0.1) is 0 Å². The van der Waals surface area contributed by atoms with Gasteiger partial charge in [-0.1, -0.05) is 18.6 Å². The minimum atomic E-state index is -0.332. The number of carbonyl (C=O) groups is 1. The summed E-state index contributed by atoms with van der Waals surface area (Å²) in [7, 11) is 0. The molecule has 0 aliphatic heterocycles. The van der Waals surface area contributed by atoms with Crippen LogP contribution in [0.3, 0.4) is 0 Å². The summed E-state index contributed by atoms with van der Waals surface area (Å²) in [5.74, 6) is 0.356. The topological polar surface area (TPSA) is 46.5 Å². The molecule has 0 saturated heterocycles. The Labute approximate surface area is 121 Å². The van der Waals surface area contributed by atoms with E-state index in [2.05, 4.69) is 26.8 Å². The Morgan fingerprint density at radius 1 is 1.25 bits per heavy atom. The van der Waals surface area contributed by atoms with E-state index in [1.807, 2.05) is 0 Å². The third-order valence-corrected chi connectivity index (χ3v) is 3.16. The molecule has 110 valence electrons. The molecule has 0 spiro atoms. The Bertz CT molecular complexity index is 442. The number of phenolic OH excluding ortho intramolecular Hbond substituents is 1. The fourth-order valence-corrected chi connectivity index (χ4v) is 1.83. The van der Waals surface area contributed by atoms with Gasteiger partial charge >= 0.3 is 5.97 Å². The van der Waals surface area contributed by atoms with Crippen LogP contribution in [0, 0.1) is 5.92 Å². The molecule has 0 fully saturated rings. The number of aromatic hydroxyl groups is 1. The van der Waals surface area contributed by atoms with E-state index in [-0.39, 0.29) is 11.7 Å². The predicted molar refractivity (Wildman–Crippen MR) is 80.8 cm³/mol. The van der Waals surface area contributed by atoms with Crippen LogP contribution in [-0.4, -0.2) is 17.7 Å². The molecule has 3 nitrogen and oxygen atoms in total. The van der Waals surface area contributed by atoms with Crippen molar-refractivity contribution in [1.29, 1.82) is 0 Å². The van der Waals surface area contributed by atoms with Crippen molar-refractivity contribution < 1.29 is 14.6 Å². The molecule has 0 bridgehead atoms. The largest absolute Gasteiger partial charge is 0.508 e. The molecule has 1 atom stereocenters. The van der Waals surface area contributed by atoms with Crippen LogP contribution in [0.1, 0.15) is 50.4 Å². The van der Waals surface area contributed by atoms with Gasteiger partial charge in [-0.2, -0.15) is 0 Å². The number of benzene rings is 1. The monoisotopic (exact) mass is 276 g/mol. The molecule has 0 aromatic heterocycles. The second-order valence-electron chi connectivity index (χ2n) is 5.44. The van der Waals surface area contributed by atoms with E-state index in [0.717, 1.165) is 19.3 Å². The molecule has 3 heteroatoms. The second-order valence-corrected chi connectivity index (χ2v) is 5.44. The zero-order valence-electron chi connectivity index (χ0n) is 12.6. The Hall–Kier alpha value is -1.77. The van der Waals surface area contributed by atoms with E-state index < -0.39 is 0 Å². The van der Waals surface area contributed by atoms with Crippen molar-refractivity contribution in [2.24, 2.45) is 5.92 Å². The van der Waals surface area contributed by atoms with Gasteiger partial charge in [0.1, 0.15) is 5.75 Å². The highest BCUT2D eigenvalue weighted by atomic mass is 16.5. The van der Waals surface area contributed by atoms with Gasteiger partial charge in [0, 0.05) is 0 Å². The molecule has 20 heavy (non-hydrogen) atoms. The third kappa shape index (κ3) is 6.41. The van der Waals surface area contributed by atoms with Gasteiger partial charge in [-0.3, -0.25) is 0 Å². The summed E-state index contributed by atoms with van der Waals surface area (Å²) in [4.78, 5) is 11.7. The van der Waals surface area contributed by atoms with Crippen LogP contribution < -0.4 is 0 Å². The lowest BCUT2D eigenvalue weighted by atomic mass is 10.0. The average Bonchev–Trinajstić information content (AvgIpc) is 2.39. The van der Waals surface area contributed by atoms with E-state index >= 15 is 0 Å². The van der Waals surface area contributed by atoms with Gasteiger partial charge in [-0.05, 0) is 63.3 Å². The first-order chi connectivity index (χ1) is 9.49. The highest BCUT2D eigenvalue weighted by Gasteiger charge is 2.08. The maximum atomic E-state index is 11.7. The quantitative estimate of drug-likeness (QED) is 0.596. The molecule has 1 aromatic carbocycles. The van der Waals surface area contributed by atoms with E-state index in [0.29, 0.717) is 18.1 Å². The highest BCUT2D eigenvalue weighted by molar-refractivity contribution is 5.89. The van der Waals surface area contributed by atoms with Gasteiger partial charge < -0.3 is 9.84 Å². The number of hydrogen-bond donors (Lipinski definition) is 1. The molecule has 1 aromatic rings. The van der Waals surface area contributed by atoms with Crippen molar-refractivity contribution in [3.05, 3.63) is 41.5 Å². The second kappa shape index (κ2) is 8.41. The van der Waals surface area contributed by atoms with E-state index in [4.69, 9.17) is 9.84 Å². The number of carbonyl (C=O) groups excluding carboxylic acids is 1. The maximum Gasteiger partial charge on any atom is 0.338 e. The number of hydrogen-bond acceptors (Lipinski definition) is 3. The normalized spacial score (nSPS) is 11.8. The first-order valence-corrected chi connectivity index (χ1v) is 7.08. The molecule has 0 saturated carbocycles. The van der Waals surface area contributed by atoms with E-state index in [9.17, 15) is 4.79 Å². The van der Waals surface area contributed by atoms with Crippen molar-refractivity contribution in [2.75, 3.05) is 6.61 Å². The summed E-state index contributed by atoms with van der Waals surface area (Å²) >= 11 is 0. The third-order valence-electron chi connectivity index (χ3n) is 3.16. The number of esters is 1. The Kier molecular flexibility index (Phi) is 6.85. The number of phenols is 1. The molecule has 0 aliphatic rings. The van der Waals surface area contributed by atoms with E-state index in [1.54, 1.807) is 12.1 Å². The average molecular weight is 276 g/mol. The van der Waals surface area contributed by atoms with Crippen LogP contribution in [0.4, 0.5) is 0 Å². The van der Waals surface area contributed by atoms with Crippen molar-refractivity contribution in [2.45, 2.75) is 40.0 Å². The van der Waals surface area contributed by atoms with Gasteiger partial charge in [0.25, 0.3) is 0 Å². The molecule has 0 radical (unpaired) electrons. The summed E-state index contributed by atoms with van der Waals surface area (Å²) in [6.45, 7) is 6.82. The lowest BCUT2D eigenvalue weighted by Crippen LogP contribution is -2.09. The highest BCUT2D eigenvalue weighted by Crippen LogP contribution is 2.14. The Morgan fingerprint density at radius 2 is 1.90 bits per heavy atom. The minimum absolute atomic E-state index is 0.148. The molecule has 1 N–H and O–H groups in total. The zero-order valence-corrected chi connectivity index (χ0v) is 12.6. The van der Waals surface area contributed by atoms with E-state index in [1.165, 1.54) is 17.7 Å². The summed E-state index contributed by atoms with van der Waals surface area (Å²) in [6.07, 6.45) is 5.30. The van der Waals surface area contributed by atoms with Crippen LogP contribution in [0.25, 0.3) is 0 Å². The first kappa shape index (κ1) is 16.3. The van der Waals surface area contributed by atoms with Crippen LogP contribution >= 0.6 is 0 Å². The summed E-state index contributed by atoms with van der Waals surface area (Å²) in [5, 5.41) is 9.15. The van der Waals surface area contributed by atoms with Crippen molar-refractivity contribution >= 4 is 5.97 Å².